The van der Waals surface area contributed by atoms with Gasteiger partial charge in [0.05, 0.1) is 10.8 Å². The normalized spacial score (nSPS) is 17.6. The van der Waals surface area contributed by atoms with Gasteiger partial charge in [-0.05, 0) is 49.2 Å². The van der Waals surface area contributed by atoms with Gasteiger partial charge in [0.2, 0.25) is 15.9 Å². The summed E-state index contributed by atoms with van der Waals surface area (Å²) in [5.74, 6) is 0.0969. The van der Waals surface area contributed by atoms with E-state index in [9.17, 15) is 13.2 Å². The molecule has 9 heteroatoms. The van der Waals surface area contributed by atoms with Crippen molar-refractivity contribution in [3.05, 3.63) is 65.9 Å². The predicted molar refractivity (Wildman–Crippen MR) is 116 cm³/mol. The zero-order valence-corrected chi connectivity index (χ0v) is 17.7. The van der Waals surface area contributed by atoms with Crippen LogP contribution in [-0.4, -0.2) is 41.7 Å². The van der Waals surface area contributed by atoms with E-state index in [0.29, 0.717) is 35.9 Å². The van der Waals surface area contributed by atoms with Crippen LogP contribution in [-0.2, 0) is 14.8 Å². The smallest absolute Gasteiger partial charge is 0.243 e. The largest absolute Gasteiger partial charge is 0.345 e. The highest BCUT2D eigenvalue weighted by molar-refractivity contribution is 7.89. The van der Waals surface area contributed by atoms with E-state index in [1.54, 1.807) is 30.6 Å². The van der Waals surface area contributed by atoms with Crippen molar-refractivity contribution < 1.29 is 13.2 Å². The molecule has 0 aliphatic carbocycles. The number of anilines is 1. The van der Waals surface area contributed by atoms with Crippen molar-refractivity contribution in [2.75, 3.05) is 18.4 Å². The molecular formula is C21H21ClN4O3S. The topological polar surface area (TPSA) is 95.2 Å². The van der Waals surface area contributed by atoms with Gasteiger partial charge in [0.15, 0.2) is 0 Å². The number of H-pyrrole nitrogens is 1. The van der Waals surface area contributed by atoms with Crippen LogP contribution in [0.25, 0.3) is 11.4 Å². The number of amides is 1. The maximum Gasteiger partial charge on any atom is 0.243 e. The molecule has 0 saturated carbocycles. The number of benzene rings is 2. The summed E-state index contributed by atoms with van der Waals surface area (Å²) in [5.41, 5.74) is 1.50. The number of rotatable bonds is 5. The maximum absolute atomic E-state index is 12.9. The number of aromatic amines is 1. The number of carbonyl (C=O) groups is 1. The van der Waals surface area contributed by atoms with Crippen molar-refractivity contribution in [1.29, 1.82) is 0 Å². The van der Waals surface area contributed by atoms with Gasteiger partial charge in [-0.3, -0.25) is 4.79 Å². The average Bonchev–Trinajstić information content (AvgIpc) is 3.29. The van der Waals surface area contributed by atoms with Crippen LogP contribution in [0, 0.1) is 5.92 Å². The highest BCUT2D eigenvalue weighted by Gasteiger charge is 2.33. The summed E-state index contributed by atoms with van der Waals surface area (Å²) in [5, 5.41) is 3.39. The molecule has 7 nitrogen and oxygen atoms in total. The molecule has 1 aromatic heterocycles. The average molecular weight is 445 g/mol. The first kappa shape index (κ1) is 20.6. The van der Waals surface area contributed by atoms with Gasteiger partial charge in [-0.15, -0.1) is 0 Å². The van der Waals surface area contributed by atoms with Crippen LogP contribution >= 0.6 is 11.6 Å². The van der Waals surface area contributed by atoms with Crippen LogP contribution in [0.4, 0.5) is 5.69 Å². The van der Waals surface area contributed by atoms with E-state index in [-0.39, 0.29) is 17.3 Å². The van der Waals surface area contributed by atoms with Crippen LogP contribution in [0.1, 0.15) is 12.8 Å². The van der Waals surface area contributed by atoms with E-state index in [1.165, 1.54) is 16.4 Å². The second-order valence-corrected chi connectivity index (χ2v) is 9.54. The quantitative estimate of drug-likeness (QED) is 0.626. The number of halogens is 1. The molecule has 1 amide bonds. The molecular weight excluding hydrogens is 424 g/mol. The SMILES string of the molecule is O=C(Nc1cccc(-c2ncc[nH]2)c1)C1CCCN(S(=O)(=O)c2ccc(Cl)cc2)C1. The fourth-order valence-corrected chi connectivity index (χ4v) is 5.19. The molecule has 1 saturated heterocycles. The van der Waals surface area contributed by atoms with Crippen molar-refractivity contribution in [3.63, 3.8) is 0 Å². The molecule has 1 aliphatic rings. The number of piperidine rings is 1. The van der Waals surface area contributed by atoms with Gasteiger partial charge >= 0.3 is 0 Å². The van der Waals surface area contributed by atoms with Crippen LogP contribution in [0.3, 0.4) is 0 Å². The Morgan fingerprint density at radius 3 is 2.73 bits per heavy atom. The number of nitrogens with one attached hydrogen (secondary N) is 2. The first-order valence-corrected chi connectivity index (χ1v) is 11.4. The van der Waals surface area contributed by atoms with Gasteiger partial charge in [0.25, 0.3) is 0 Å². The van der Waals surface area contributed by atoms with Crippen LogP contribution in [0.2, 0.25) is 5.02 Å². The van der Waals surface area contributed by atoms with Crippen LogP contribution in [0.15, 0.2) is 65.8 Å². The monoisotopic (exact) mass is 444 g/mol. The van der Waals surface area contributed by atoms with E-state index >= 15 is 0 Å². The lowest BCUT2D eigenvalue weighted by atomic mass is 9.98. The zero-order valence-electron chi connectivity index (χ0n) is 16.1. The fraction of sp³-hybridized carbons (Fsp3) is 0.238. The van der Waals surface area contributed by atoms with Gasteiger partial charge in [-0.2, -0.15) is 4.31 Å². The highest BCUT2D eigenvalue weighted by Crippen LogP contribution is 2.26. The van der Waals surface area contributed by atoms with Crippen molar-refractivity contribution >= 4 is 33.2 Å². The first-order chi connectivity index (χ1) is 14.4. The highest BCUT2D eigenvalue weighted by atomic mass is 35.5. The summed E-state index contributed by atoms with van der Waals surface area (Å²) < 4.78 is 27.3. The lowest BCUT2D eigenvalue weighted by Gasteiger charge is -2.31. The summed E-state index contributed by atoms with van der Waals surface area (Å²) in [6, 6.07) is 13.4. The molecule has 2 N–H and O–H groups in total. The number of carbonyl (C=O) groups excluding carboxylic acids is 1. The molecule has 30 heavy (non-hydrogen) atoms. The van der Waals surface area contributed by atoms with Crippen molar-refractivity contribution in [1.82, 2.24) is 14.3 Å². The van der Waals surface area contributed by atoms with Gasteiger partial charge in [0, 0.05) is 41.8 Å². The number of imidazole rings is 1. The molecule has 0 radical (unpaired) electrons. The molecule has 1 aliphatic heterocycles. The van der Waals surface area contributed by atoms with Gasteiger partial charge in [-0.1, -0.05) is 23.7 Å². The number of sulfonamides is 1. The number of aromatic nitrogens is 2. The summed E-state index contributed by atoms with van der Waals surface area (Å²) in [6.07, 6.45) is 4.66. The third kappa shape index (κ3) is 4.40. The van der Waals surface area contributed by atoms with Crippen LogP contribution in [0.5, 0.6) is 0 Å². The van der Waals surface area contributed by atoms with E-state index in [1.807, 2.05) is 18.2 Å². The van der Waals surface area contributed by atoms with Crippen LogP contribution < -0.4 is 5.32 Å². The minimum atomic E-state index is -3.67. The Hall–Kier alpha value is -2.68. The molecule has 1 fully saturated rings. The third-order valence-electron chi connectivity index (χ3n) is 5.11. The second-order valence-electron chi connectivity index (χ2n) is 7.16. The molecule has 4 rings (SSSR count). The molecule has 156 valence electrons. The minimum absolute atomic E-state index is 0.147. The van der Waals surface area contributed by atoms with Crippen molar-refractivity contribution in [2.45, 2.75) is 17.7 Å². The summed E-state index contributed by atoms with van der Waals surface area (Å²) in [7, 11) is -3.67. The molecule has 1 unspecified atom stereocenters. The number of hydrogen-bond acceptors (Lipinski definition) is 4. The van der Waals surface area contributed by atoms with Gasteiger partial charge < -0.3 is 10.3 Å². The predicted octanol–water partition coefficient (Wildman–Crippen LogP) is 3.77. The Morgan fingerprint density at radius 2 is 2.00 bits per heavy atom. The molecule has 0 spiro atoms. The van der Waals surface area contributed by atoms with E-state index in [4.69, 9.17) is 11.6 Å². The lowest BCUT2D eigenvalue weighted by molar-refractivity contribution is -0.120. The Balaban J connectivity index is 1.46. The molecule has 2 aromatic carbocycles. The third-order valence-corrected chi connectivity index (χ3v) is 7.24. The summed E-state index contributed by atoms with van der Waals surface area (Å²) >= 11 is 5.87. The van der Waals surface area contributed by atoms with E-state index in [0.717, 1.165) is 5.56 Å². The van der Waals surface area contributed by atoms with Crippen molar-refractivity contribution in [3.8, 4) is 11.4 Å². The zero-order chi connectivity index (χ0) is 21.1. The Kier molecular flexibility index (Phi) is 5.90. The molecule has 0 bridgehead atoms. The van der Waals surface area contributed by atoms with E-state index < -0.39 is 15.9 Å². The standard InChI is InChI=1S/C21H21ClN4O3S/c22-17-6-8-19(9-7-17)30(28,29)26-12-2-4-16(14-26)21(27)25-18-5-1-3-15(13-18)20-23-10-11-24-20/h1,3,5-11,13,16H,2,4,12,14H2,(H,23,24)(H,25,27). The number of nitrogens with zero attached hydrogens (tertiary/aromatic N) is 2. The number of hydrogen-bond donors (Lipinski definition) is 2. The maximum atomic E-state index is 12.9. The summed E-state index contributed by atoms with van der Waals surface area (Å²) in [6.45, 7) is 0.539. The molecule has 3 aromatic rings. The van der Waals surface area contributed by atoms with Crippen molar-refractivity contribution in [2.24, 2.45) is 5.92 Å². The molecule has 2 heterocycles. The second kappa shape index (κ2) is 8.59. The Bertz CT molecular complexity index is 1130. The summed E-state index contributed by atoms with van der Waals surface area (Å²) in [4.78, 5) is 20.3. The Morgan fingerprint density at radius 1 is 1.20 bits per heavy atom. The lowest BCUT2D eigenvalue weighted by Crippen LogP contribution is -2.43. The van der Waals surface area contributed by atoms with Gasteiger partial charge in [-0.25, -0.2) is 13.4 Å². The van der Waals surface area contributed by atoms with Gasteiger partial charge in [0.1, 0.15) is 5.82 Å². The first-order valence-electron chi connectivity index (χ1n) is 9.60. The van der Waals surface area contributed by atoms with E-state index in [2.05, 4.69) is 15.3 Å². The fourth-order valence-electron chi connectivity index (χ4n) is 3.54. The Labute approximate surface area is 180 Å². The molecule has 1 atom stereocenters. The minimum Gasteiger partial charge on any atom is -0.345 e.